The molecule has 1 fully saturated rings. The van der Waals surface area contributed by atoms with E-state index in [9.17, 15) is 0 Å². The SMILES string of the molecule is C=C[C@@H](c1c(C)cccc1C)N1CCNCC1. The molecular formula is C15H22N2. The molecule has 0 amide bonds. The van der Waals surface area contributed by atoms with Crippen LogP contribution >= 0.6 is 0 Å². The molecule has 1 saturated heterocycles. The molecule has 1 atom stereocenters. The van der Waals surface area contributed by atoms with Crippen molar-refractivity contribution < 1.29 is 0 Å². The highest BCUT2D eigenvalue weighted by molar-refractivity contribution is 5.38. The normalized spacial score (nSPS) is 18.9. The average Bonchev–Trinajstić information content (AvgIpc) is 2.35. The Balaban J connectivity index is 2.31. The Morgan fingerprint density at radius 1 is 1.24 bits per heavy atom. The van der Waals surface area contributed by atoms with Crippen molar-refractivity contribution in [2.75, 3.05) is 26.2 Å². The quantitative estimate of drug-likeness (QED) is 0.802. The molecule has 0 spiro atoms. The molecule has 92 valence electrons. The van der Waals surface area contributed by atoms with Crippen LogP contribution in [0.15, 0.2) is 30.9 Å². The Morgan fingerprint density at radius 2 is 1.82 bits per heavy atom. The minimum Gasteiger partial charge on any atom is -0.314 e. The Morgan fingerprint density at radius 3 is 2.35 bits per heavy atom. The summed E-state index contributed by atoms with van der Waals surface area (Å²) in [5.74, 6) is 0. The fourth-order valence-corrected chi connectivity index (χ4v) is 2.70. The van der Waals surface area contributed by atoms with Gasteiger partial charge < -0.3 is 5.32 Å². The van der Waals surface area contributed by atoms with E-state index in [1.54, 1.807) is 0 Å². The number of hydrogen-bond donors (Lipinski definition) is 1. The lowest BCUT2D eigenvalue weighted by molar-refractivity contribution is 0.202. The molecule has 1 aliphatic heterocycles. The molecular weight excluding hydrogens is 208 g/mol. The van der Waals surface area contributed by atoms with Gasteiger partial charge in [-0.2, -0.15) is 0 Å². The molecule has 0 saturated carbocycles. The lowest BCUT2D eigenvalue weighted by atomic mass is 9.94. The number of aryl methyl sites for hydroxylation is 2. The largest absolute Gasteiger partial charge is 0.314 e. The minimum absolute atomic E-state index is 0.360. The molecule has 1 heterocycles. The summed E-state index contributed by atoms with van der Waals surface area (Å²) < 4.78 is 0. The summed E-state index contributed by atoms with van der Waals surface area (Å²) in [6.07, 6.45) is 2.08. The number of nitrogens with zero attached hydrogens (tertiary/aromatic N) is 1. The van der Waals surface area contributed by atoms with Gasteiger partial charge >= 0.3 is 0 Å². The van der Waals surface area contributed by atoms with Crippen LogP contribution in [0.25, 0.3) is 0 Å². The van der Waals surface area contributed by atoms with E-state index in [4.69, 9.17) is 0 Å². The van der Waals surface area contributed by atoms with Gasteiger partial charge in [0.2, 0.25) is 0 Å². The van der Waals surface area contributed by atoms with Crippen LogP contribution in [-0.2, 0) is 0 Å². The third-order valence-electron chi connectivity index (χ3n) is 3.61. The fourth-order valence-electron chi connectivity index (χ4n) is 2.70. The molecule has 0 aromatic heterocycles. The highest BCUT2D eigenvalue weighted by Crippen LogP contribution is 2.28. The van der Waals surface area contributed by atoms with E-state index in [0.717, 1.165) is 26.2 Å². The molecule has 0 radical (unpaired) electrons. The van der Waals surface area contributed by atoms with E-state index in [1.807, 2.05) is 0 Å². The van der Waals surface area contributed by atoms with Gasteiger partial charge in [-0.3, -0.25) is 4.90 Å². The third kappa shape index (κ3) is 2.59. The molecule has 0 aliphatic carbocycles. The Kier molecular flexibility index (Phi) is 3.97. The van der Waals surface area contributed by atoms with Crippen molar-refractivity contribution in [1.82, 2.24) is 10.2 Å². The van der Waals surface area contributed by atoms with Crippen LogP contribution in [0.2, 0.25) is 0 Å². The van der Waals surface area contributed by atoms with Crippen molar-refractivity contribution in [3.8, 4) is 0 Å². The van der Waals surface area contributed by atoms with Crippen molar-refractivity contribution in [3.63, 3.8) is 0 Å². The summed E-state index contributed by atoms with van der Waals surface area (Å²) in [5.41, 5.74) is 4.17. The van der Waals surface area contributed by atoms with Crippen LogP contribution in [0.1, 0.15) is 22.7 Å². The second-order valence-corrected chi connectivity index (χ2v) is 4.77. The van der Waals surface area contributed by atoms with Crippen LogP contribution in [0.4, 0.5) is 0 Å². The first-order valence-corrected chi connectivity index (χ1v) is 6.37. The zero-order valence-corrected chi connectivity index (χ0v) is 10.9. The molecule has 0 bridgehead atoms. The number of piperazine rings is 1. The zero-order chi connectivity index (χ0) is 12.3. The van der Waals surface area contributed by atoms with Crippen molar-refractivity contribution in [3.05, 3.63) is 47.5 Å². The first-order chi connectivity index (χ1) is 8.24. The Hall–Kier alpha value is -1.12. The lowest BCUT2D eigenvalue weighted by Crippen LogP contribution is -2.44. The predicted octanol–water partition coefficient (Wildman–Crippen LogP) is 2.44. The number of hydrogen-bond acceptors (Lipinski definition) is 2. The summed E-state index contributed by atoms with van der Waals surface area (Å²) in [4.78, 5) is 2.51. The number of nitrogens with one attached hydrogen (secondary N) is 1. The van der Waals surface area contributed by atoms with Gasteiger partial charge in [0.1, 0.15) is 0 Å². The van der Waals surface area contributed by atoms with Crippen molar-refractivity contribution in [2.24, 2.45) is 0 Å². The first-order valence-electron chi connectivity index (χ1n) is 6.37. The summed E-state index contributed by atoms with van der Waals surface area (Å²) in [6.45, 7) is 12.8. The highest BCUT2D eigenvalue weighted by Gasteiger charge is 2.21. The average molecular weight is 230 g/mol. The monoisotopic (exact) mass is 230 g/mol. The molecule has 0 unspecified atom stereocenters. The van der Waals surface area contributed by atoms with E-state index in [1.165, 1.54) is 16.7 Å². The van der Waals surface area contributed by atoms with E-state index in [-0.39, 0.29) is 0 Å². The van der Waals surface area contributed by atoms with Crippen LogP contribution in [0.5, 0.6) is 0 Å². The van der Waals surface area contributed by atoms with Gasteiger partial charge in [-0.05, 0) is 30.5 Å². The summed E-state index contributed by atoms with van der Waals surface area (Å²) in [6, 6.07) is 6.88. The van der Waals surface area contributed by atoms with Crippen molar-refractivity contribution in [2.45, 2.75) is 19.9 Å². The van der Waals surface area contributed by atoms with Gasteiger partial charge in [0.25, 0.3) is 0 Å². The Labute approximate surface area is 104 Å². The van der Waals surface area contributed by atoms with Crippen LogP contribution in [0, 0.1) is 13.8 Å². The van der Waals surface area contributed by atoms with E-state index in [2.05, 4.69) is 54.9 Å². The maximum atomic E-state index is 4.03. The van der Waals surface area contributed by atoms with Crippen molar-refractivity contribution in [1.29, 1.82) is 0 Å². The molecule has 1 aromatic carbocycles. The number of benzene rings is 1. The Bertz CT molecular complexity index is 372. The van der Waals surface area contributed by atoms with Gasteiger partial charge in [-0.15, -0.1) is 6.58 Å². The summed E-state index contributed by atoms with van der Waals surface area (Å²) in [5, 5.41) is 3.40. The molecule has 17 heavy (non-hydrogen) atoms. The van der Waals surface area contributed by atoms with Gasteiger partial charge in [0.05, 0.1) is 6.04 Å². The third-order valence-corrected chi connectivity index (χ3v) is 3.61. The second-order valence-electron chi connectivity index (χ2n) is 4.77. The highest BCUT2D eigenvalue weighted by atomic mass is 15.2. The zero-order valence-electron chi connectivity index (χ0n) is 10.9. The molecule has 1 N–H and O–H groups in total. The predicted molar refractivity (Wildman–Crippen MR) is 73.3 cm³/mol. The summed E-state index contributed by atoms with van der Waals surface area (Å²) in [7, 11) is 0. The van der Waals surface area contributed by atoms with E-state index in [0.29, 0.717) is 6.04 Å². The standard InChI is InChI=1S/C15H22N2/c1-4-14(17-10-8-16-9-11-17)15-12(2)6-5-7-13(15)3/h4-7,14,16H,1,8-11H2,2-3H3/t14-/m0/s1. The summed E-state index contributed by atoms with van der Waals surface area (Å²) >= 11 is 0. The number of rotatable bonds is 3. The molecule has 2 heteroatoms. The van der Waals surface area contributed by atoms with E-state index < -0.39 is 0 Å². The van der Waals surface area contributed by atoms with Gasteiger partial charge in [0, 0.05) is 26.2 Å². The topological polar surface area (TPSA) is 15.3 Å². The van der Waals surface area contributed by atoms with Gasteiger partial charge in [0.15, 0.2) is 0 Å². The molecule has 2 nitrogen and oxygen atoms in total. The van der Waals surface area contributed by atoms with E-state index >= 15 is 0 Å². The maximum Gasteiger partial charge on any atom is 0.0535 e. The molecule has 1 aliphatic rings. The van der Waals surface area contributed by atoms with Crippen LogP contribution in [-0.4, -0.2) is 31.1 Å². The second kappa shape index (κ2) is 5.48. The maximum absolute atomic E-state index is 4.03. The van der Waals surface area contributed by atoms with Crippen molar-refractivity contribution >= 4 is 0 Å². The lowest BCUT2D eigenvalue weighted by Gasteiger charge is -2.34. The smallest absolute Gasteiger partial charge is 0.0535 e. The first kappa shape index (κ1) is 12.3. The van der Waals surface area contributed by atoms with Crippen LogP contribution in [0.3, 0.4) is 0 Å². The van der Waals surface area contributed by atoms with Crippen LogP contribution < -0.4 is 5.32 Å². The fraction of sp³-hybridized carbons (Fsp3) is 0.467. The molecule has 2 rings (SSSR count). The van der Waals surface area contributed by atoms with Gasteiger partial charge in [-0.25, -0.2) is 0 Å². The van der Waals surface area contributed by atoms with Gasteiger partial charge in [-0.1, -0.05) is 24.3 Å². The molecule has 1 aromatic rings. The minimum atomic E-state index is 0.360.